The first kappa shape index (κ1) is 17.8. The first-order valence-electron chi connectivity index (χ1n) is 9.76. The molecule has 144 valence electrons. The van der Waals surface area contributed by atoms with E-state index in [0.29, 0.717) is 5.65 Å². The molecule has 0 aliphatic heterocycles. The predicted octanol–water partition coefficient (Wildman–Crippen LogP) is 5.88. The maximum Gasteiger partial charge on any atom is 0.199 e. The van der Waals surface area contributed by atoms with E-state index in [1.807, 2.05) is 42.5 Å². The molecule has 0 aliphatic rings. The number of nitrogens with zero attached hydrogens (tertiary/aromatic N) is 4. The van der Waals surface area contributed by atoms with Crippen molar-refractivity contribution >= 4 is 33.7 Å². The Balaban J connectivity index is 1.66. The van der Waals surface area contributed by atoms with Crippen LogP contribution < -0.4 is 4.74 Å². The Morgan fingerprint density at radius 3 is 2.41 bits per heavy atom. The molecular weight excluding hydrogens is 380 g/mol. The van der Waals surface area contributed by atoms with Crippen LogP contribution in [0.25, 0.3) is 38.7 Å². The van der Waals surface area contributed by atoms with Crippen molar-refractivity contribution in [1.29, 1.82) is 0 Å². The molecule has 0 saturated carbocycles. The van der Waals surface area contributed by atoms with Gasteiger partial charge in [0.2, 0.25) is 0 Å². The zero-order valence-electron chi connectivity index (χ0n) is 16.1. The Morgan fingerprint density at radius 1 is 0.897 bits per heavy atom. The molecule has 0 bridgehead atoms. The molecule has 0 saturated heterocycles. The number of para-hydroxylation sites is 2. The number of benzene rings is 2. The maximum atomic E-state index is 5.82. The van der Waals surface area contributed by atoms with Crippen molar-refractivity contribution in [1.82, 2.24) is 19.5 Å². The normalized spacial score (nSPS) is 11.3. The predicted molar refractivity (Wildman–Crippen MR) is 118 cm³/mol. The van der Waals surface area contributed by atoms with Gasteiger partial charge in [0.05, 0.1) is 22.5 Å². The summed E-state index contributed by atoms with van der Waals surface area (Å²) >= 11 is 1.66. The van der Waals surface area contributed by atoms with Crippen molar-refractivity contribution in [3.63, 3.8) is 0 Å². The molecule has 0 radical (unpaired) electrons. The summed E-state index contributed by atoms with van der Waals surface area (Å²) in [6, 6.07) is 20.1. The summed E-state index contributed by atoms with van der Waals surface area (Å²) in [7, 11) is 0. The Kier molecular flexibility index (Phi) is 4.69. The van der Waals surface area contributed by atoms with Gasteiger partial charge in [0.25, 0.3) is 0 Å². The highest BCUT2D eigenvalue weighted by Gasteiger charge is 2.18. The van der Waals surface area contributed by atoms with E-state index < -0.39 is 0 Å². The van der Waals surface area contributed by atoms with E-state index in [1.165, 1.54) is 0 Å². The van der Waals surface area contributed by atoms with Crippen LogP contribution in [0, 0.1) is 0 Å². The minimum absolute atomic E-state index is 0.648. The zero-order chi connectivity index (χ0) is 19.6. The van der Waals surface area contributed by atoms with Gasteiger partial charge in [0, 0.05) is 5.69 Å². The van der Waals surface area contributed by atoms with E-state index in [-0.39, 0.29) is 0 Å². The highest BCUT2D eigenvalue weighted by Crippen LogP contribution is 2.31. The molecule has 3 aromatic heterocycles. The second-order valence-electron chi connectivity index (χ2n) is 6.80. The summed E-state index contributed by atoms with van der Waals surface area (Å²) in [6.45, 7) is 2.90. The highest BCUT2D eigenvalue weighted by atomic mass is 32.1. The zero-order valence-corrected chi connectivity index (χ0v) is 16.9. The molecule has 0 N–H and O–H groups in total. The minimum atomic E-state index is 0.648. The van der Waals surface area contributed by atoms with E-state index in [9.17, 15) is 0 Å². The van der Waals surface area contributed by atoms with Crippen LogP contribution in [0.5, 0.6) is 5.75 Å². The van der Waals surface area contributed by atoms with Crippen molar-refractivity contribution in [2.24, 2.45) is 0 Å². The first-order chi connectivity index (χ1) is 14.3. The topological polar surface area (TPSA) is 52.8 Å². The van der Waals surface area contributed by atoms with Gasteiger partial charge < -0.3 is 4.74 Å². The van der Waals surface area contributed by atoms with E-state index in [0.717, 1.165) is 58.3 Å². The Labute approximate surface area is 172 Å². The fraction of sp³-hybridized carbons (Fsp3) is 0.174. The number of unbranched alkanes of at least 4 members (excludes halogenated alkanes) is 1. The van der Waals surface area contributed by atoms with Crippen molar-refractivity contribution in [2.75, 3.05) is 6.61 Å². The monoisotopic (exact) mass is 400 g/mol. The quantitative estimate of drug-likeness (QED) is 0.334. The molecule has 0 amide bonds. The van der Waals surface area contributed by atoms with Crippen LogP contribution in [0.15, 0.2) is 66.0 Å². The number of thiophene rings is 1. The summed E-state index contributed by atoms with van der Waals surface area (Å²) in [5.41, 5.74) is 4.10. The number of rotatable bonds is 6. The molecule has 0 aliphatic carbocycles. The summed E-state index contributed by atoms with van der Waals surface area (Å²) in [5, 5.41) is 2.06. The first-order valence-corrected chi connectivity index (χ1v) is 10.6. The lowest BCUT2D eigenvalue weighted by atomic mass is 10.3. The largest absolute Gasteiger partial charge is 0.494 e. The van der Waals surface area contributed by atoms with Gasteiger partial charge in [0.15, 0.2) is 17.1 Å². The second kappa shape index (κ2) is 7.64. The van der Waals surface area contributed by atoms with Crippen LogP contribution in [0.2, 0.25) is 0 Å². The van der Waals surface area contributed by atoms with Gasteiger partial charge in [-0.05, 0) is 54.3 Å². The van der Waals surface area contributed by atoms with Crippen molar-refractivity contribution in [3.8, 4) is 22.1 Å². The van der Waals surface area contributed by atoms with Gasteiger partial charge in [-0.15, -0.1) is 11.3 Å². The van der Waals surface area contributed by atoms with E-state index in [1.54, 1.807) is 11.3 Å². The van der Waals surface area contributed by atoms with Crippen LogP contribution >= 0.6 is 11.3 Å². The Hall–Kier alpha value is -3.25. The number of imidazole rings is 1. The van der Waals surface area contributed by atoms with E-state index in [4.69, 9.17) is 19.7 Å². The van der Waals surface area contributed by atoms with Crippen LogP contribution in [-0.4, -0.2) is 26.1 Å². The third-order valence-corrected chi connectivity index (χ3v) is 5.64. The molecule has 6 heteroatoms. The van der Waals surface area contributed by atoms with Gasteiger partial charge in [0.1, 0.15) is 5.75 Å². The lowest BCUT2D eigenvalue weighted by Crippen LogP contribution is -2.00. The number of hydrogen-bond acceptors (Lipinski definition) is 5. The summed E-state index contributed by atoms with van der Waals surface area (Å²) < 4.78 is 7.90. The molecule has 3 heterocycles. The van der Waals surface area contributed by atoms with Crippen LogP contribution in [0.1, 0.15) is 19.8 Å². The fourth-order valence-corrected chi connectivity index (χ4v) is 4.00. The number of fused-ring (bicyclic) bond motifs is 2. The summed E-state index contributed by atoms with van der Waals surface area (Å²) in [5.74, 6) is 1.73. The standard InChI is InChI=1S/C23H20N4OS/c1-2-3-14-28-17-12-10-16(11-13-17)27-22(20-9-6-15-29-20)26-21-23(27)25-19-8-5-4-7-18(19)24-21/h4-13,15H,2-3,14H2,1H3. The van der Waals surface area contributed by atoms with Crippen molar-refractivity contribution < 1.29 is 4.74 Å². The smallest absolute Gasteiger partial charge is 0.199 e. The summed E-state index contributed by atoms with van der Waals surface area (Å²) in [6.07, 6.45) is 2.18. The molecule has 0 unspecified atom stereocenters. The average molecular weight is 401 g/mol. The number of hydrogen-bond donors (Lipinski definition) is 0. The molecule has 5 nitrogen and oxygen atoms in total. The summed E-state index contributed by atoms with van der Waals surface area (Å²) in [4.78, 5) is 15.5. The van der Waals surface area contributed by atoms with E-state index >= 15 is 0 Å². The molecule has 2 aromatic carbocycles. The molecule has 0 atom stereocenters. The highest BCUT2D eigenvalue weighted by molar-refractivity contribution is 7.13. The molecule has 5 rings (SSSR count). The lowest BCUT2D eigenvalue weighted by molar-refractivity contribution is 0.309. The molecule has 0 spiro atoms. The fourth-order valence-electron chi connectivity index (χ4n) is 3.30. The third-order valence-electron chi connectivity index (χ3n) is 4.77. The lowest BCUT2D eigenvalue weighted by Gasteiger charge is -2.10. The molecule has 29 heavy (non-hydrogen) atoms. The third kappa shape index (κ3) is 3.36. The second-order valence-corrected chi connectivity index (χ2v) is 7.75. The number of ether oxygens (including phenoxy) is 1. The van der Waals surface area contributed by atoms with Gasteiger partial charge >= 0.3 is 0 Å². The van der Waals surface area contributed by atoms with Crippen LogP contribution in [0.3, 0.4) is 0 Å². The van der Waals surface area contributed by atoms with Crippen LogP contribution in [0.4, 0.5) is 0 Å². The Bertz CT molecular complexity index is 1260. The maximum absolute atomic E-state index is 5.82. The molecule has 5 aromatic rings. The SMILES string of the molecule is CCCCOc1ccc(-n2c(-c3cccs3)nc3nc4ccccc4nc32)cc1. The minimum Gasteiger partial charge on any atom is -0.494 e. The Morgan fingerprint density at radius 2 is 1.69 bits per heavy atom. The average Bonchev–Trinajstić information content (AvgIpc) is 3.40. The molecular formula is C23H20N4OS. The van der Waals surface area contributed by atoms with Crippen molar-refractivity contribution in [3.05, 3.63) is 66.0 Å². The van der Waals surface area contributed by atoms with E-state index in [2.05, 4.69) is 35.1 Å². The van der Waals surface area contributed by atoms with Gasteiger partial charge in [-0.2, -0.15) is 0 Å². The van der Waals surface area contributed by atoms with Gasteiger partial charge in [-0.25, -0.2) is 15.0 Å². The van der Waals surface area contributed by atoms with Crippen LogP contribution in [-0.2, 0) is 0 Å². The van der Waals surface area contributed by atoms with Gasteiger partial charge in [-0.1, -0.05) is 31.5 Å². The van der Waals surface area contributed by atoms with Crippen molar-refractivity contribution in [2.45, 2.75) is 19.8 Å². The number of aromatic nitrogens is 4. The van der Waals surface area contributed by atoms with Gasteiger partial charge in [-0.3, -0.25) is 4.57 Å². The molecule has 0 fully saturated rings.